The molecule has 5 N–H and O–H groups in total. The molecule has 0 bridgehead atoms. The largest absolute Gasteiger partial charge is 0.383 e. The van der Waals surface area contributed by atoms with E-state index < -0.39 is 0 Å². The van der Waals surface area contributed by atoms with E-state index in [4.69, 9.17) is 11.5 Å². The molecule has 1 amide bonds. The van der Waals surface area contributed by atoms with Crippen molar-refractivity contribution in [2.75, 3.05) is 17.6 Å². The maximum Gasteiger partial charge on any atom is 0.226 e. The number of aromatic nitrogens is 4. The minimum absolute atomic E-state index is 0. The van der Waals surface area contributed by atoms with Crippen molar-refractivity contribution in [3.63, 3.8) is 0 Å². The topological polar surface area (TPSA) is 134 Å². The van der Waals surface area contributed by atoms with Crippen LogP contribution in [0, 0.1) is 0 Å². The van der Waals surface area contributed by atoms with Crippen molar-refractivity contribution in [2.24, 2.45) is 5.73 Å². The fourth-order valence-electron chi connectivity index (χ4n) is 1.19. The number of fused-ring (bicyclic) bond motifs is 1. The molecule has 0 aliphatic heterocycles. The molecule has 1 radical (unpaired) electrons. The zero-order chi connectivity index (χ0) is 11.5. The van der Waals surface area contributed by atoms with E-state index in [2.05, 4.69) is 25.3 Å². The predicted molar refractivity (Wildman–Crippen MR) is 57.4 cm³/mol. The van der Waals surface area contributed by atoms with Gasteiger partial charge in [-0.25, -0.2) is 4.98 Å². The van der Waals surface area contributed by atoms with Crippen LogP contribution in [-0.2, 0) is 37.5 Å². The van der Waals surface area contributed by atoms with Crippen LogP contribution in [0.1, 0.15) is 6.42 Å². The third kappa shape index (κ3) is 3.18. The average Bonchev–Trinajstić information content (AvgIpc) is 2.66. The first kappa shape index (κ1) is 13.9. The van der Waals surface area contributed by atoms with Gasteiger partial charge in [-0.05, 0) is 6.33 Å². The number of nitrogens with one attached hydrogen (secondary N) is 1. The van der Waals surface area contributed by atoms with Gasteiger partial charge < -0.3 is 31.7 Å². The van der Waals surface area contributed by atoms with Gasteiger partial charge in [0.2, 0.25) is 5.91 Å². The van der Waals surface area contributed by atoms with Crippen molar-refractivity contribution in [3.05, 3.63) is 6.33 Å². The molecule has 0 saturated heterocycles. The van der Waals surface area contributed by atoms with Crippen molar-refractivity contribution in [1.82, 2.24) is 19.9 Å². The molecular formula is C8H10N7OY-. The number of anilines is 2. The molecule has 9 heteroatoms. The second-order valence-electron chi connectivity index (χ2n) is 3.07. The molecule has 0 unspecified atom stereocenters. The molecule has 8 nitrogen and oxygen atoms in total. The second-order valence-corrected chi connectivity index (χ2v) is 3.07. The number of nitrogens with zero attached hydrogens (tertiary/aromatic N) is 4. The van der Waals surface area contributed by atoms with Crippen LogP contribution >= 0.6 is 0 Å². The molecule has 2 aromatic heterocycles. The normalized spacial score (nSPS) is 9.94. The molecule has 0 fully saturated rings. The monoisotopic (exact) mass is 309 g/mol. The van der Waals surface area contributed by atoms with Crippen LogP contribution in [0.3, 0.4) is 0 Å². The van der Waals surface area contributed by atoms with E-state index >= 15 is 0 Å². The van der Waals surface area contributed by atoms with E-state index in [1.807, 2.05) is 0 Å². The number of rotatable bonds is 3. The van der Waals surface area contributed by atoms with Crippen molar-refractivity contribution in [1.29, 1.82) is 0 Å². The number of amides is 1. The van der Waals surface area contributed by atoms with Crippen molar-refractivity contribution >= 4 is 28.8 Å². The Hall–Kier alpha value is -1.12. The number of nitrogens with two attached hydrogens (primary N) is 2. The summed E-state index contributed by atoms with van der Waals surface area (Å²) in [5.41, 5.74) is 11.6. The standard InChI is InChI=1S/C8H11N7O.Y/c9-2-1-4(16)13-8-14-6(10)5-7(15-8)12-3-11-5;/h3H,1-2,9H2,(H4,10,11,12,13,14,15,16);/p-1. The first-order chi connectivity index (χ1) is 7.70. The Kier molecular flexibility index (Phi) is 4.91. The summed E-state index contributed by atoms with van der Waals surface area (Å²) >= 11 is 0. The maximum atomic E-state index is 11.3. The van der Waals surface area contributed by atoms with Gasteiger partial charge in [0, 0.05) is 56.8 Å². The zero-order valence-electron chi connectivity index (χ0n) is 8.92. The van der Waals surface area contributed by atoms with E-state index in [1.165, 1.54) is 6.33 Å². The Morgan fingerprint density at radius 1 is 1.47 bits per heavy atom. The third-order valence-electron chi connectivity index (χ3n) is 1.88. The fraction of sp³-hybridized carbons (Fsp3) is 0.250. The summed E-state index contributed by atoms with van der Waals surface area (Å²) in [5, 5.41) is 2.48. The van der Waals surface area contributed by atoms with Crippen LogP contribution in [0.25, 0.3) is 11.2 Å². The summed E-state index contributed by atoms with van der Waals surface area (Å²) in [6, 6.07) is 0. The molecule has 87 valence electrons. The van der Waals surface area contributed by atoms with E-state index in [-0.39, 0.29) is 63.3 Å². The number of hydrogen-bond donors (Lipinski definition) is 3. The van der Waals surface area contributed by atoms with E-state index in [9.17, 15) is 4.79 Å². The Morgan fingerprint density at radius 2 is 2.24 bits per heavy atom. The molecule has 0 saturated carbocycles. The number of imidazole rings is 1. The van der Waals surface area contributed by atoms with E-state index in [0.717, 1.165) is 0 Å². The number of hydrogen-bond acceptors (Lipinski definition) is 6. The first-order valence-electron chi connectivity index (χ1n) is 4.61. The molecule has 0 aliphatic carbocycles. The molecule has 2 rings (SSSR count). The van der Waals surface area contributed by atoms with Gasteiger partial charge in [0.15, 0.2) is 5.95 Å². The number of carbonyl (C=O) groups excluding carboxylic acids is 1. The minimum atomic E-state index is -0.263. The summed E-state index contributed by atoms with van der Waals surface area (Å²) in [5.74, 6) is 0.0373. The Balaban J connectivity index is 0.00000144. The minimum Gasteiger partial charge on any atom is -0.383 e. The molecule has 0 atom stereocenters. The van der Waals surface area contributed by atoms with Gasteiger partial charge in [-0.3, -0.25) is 4.79 Å². The molecule has 2 aromatic rings. The summed E-state index contributed by atoms with van der Waals surface area (Å²) in [6.45, 7) is 0.264. The molecule has 0 spiro atoms. The Labute approximate surface area is 122 Å². The Morgan fingerprint density at radius 3 is 2.94 bits per heavy atom. The van der Waals surface area contributed by atoms with Crippen LogP contribution in [-0.4, -0.2) is 27.4 Å². The summed E-state index contributed by atoms with van der Waals surface area (Å²) in [7, 11) is 0. The fourth-order valence-corrected chi connectivity index (χ4v) is 1.19. The van der Waals surface area contributed by atoms with Gasteiger partial charge in [0.1, 0.15) is 5.82 Å². The molecule has 2 heterocycles. The van der Waals surface area contributed by atoms with Gasteiger partial charge in [-0.15, -0.1) is 0 Å². The first-order valence-corrected chi connectivity index (χ1v) is 4.61. The zero-order valence-corrected chi connectivity index (χ0v) is 11.8. The molecule has 17 heavy (non-hydrogen) atoms. The quantitative estimate of drug-likeness (QED) is 0.651. The SMILES string of the molecule is NCCC(=O)Nc1nc(N)c2nc[n-]c2n1.[Y]. The van der Waals surface area contributed by atoms with Crippen molar-refractivity contribution < 1.29 is 37.5 Å². The molecular weight excluding hydrogens is 299 g/mol. The number of carbonyl (C=O) groups is 1. The second kappa shape index (κ2) is 5.99. The van der Waals surface area contributed by atoms with Gasteiger partial charge in [0.25, 0.3) is 0 Å². The smallest absolute Gasteiger partial charge is 0.226 e. The van der Waals surface area contributed by atoms with E-state index in [0.29, 0.717) is 11.2 Å². The third-order valence-corrected chi connectivity index (χ3v) is 1.88. The van der Waals surface area contributed by atoms with Gasteiger partial charge in [0.05, 0.1) is 0 Å². The van der Waals surface area contributed by atoms with Gasteiger partial charge in [-0.2, -0.15) is 0 Å². The number of nitrogen functional groups attached to an aromatic ring is 1. The van der Waals surface area contributed by atoms with Gasteiger partial charge >= 0.3 is 0 Å². The molecule has 0 aromatic carbocycles. The average molecular weight is 309 g/mol. The predicted octanol–water partition coefficient (Wildman–Crippen LogP) is -1.15. The van der Waals surface area contributed by atoms with Crippen LogP contribution < -0.4 is 21.8 Å². The summed E-state index contributed by atoms with van der Waals surface area (Å²) in [4.78, 5) is 26.9. The maximum absolute atomic E-state index is 11.3. The molecule has 0 aliphatic rings. The van der Waals surface area contributed by atoms with Gasteiger partial charge in [-0.1, -0.05) is 0 Å². The van der Waals surface area contributed by atoms with Crippen molar-refractivity contribution in [3.8, 4) is 0 Å². The van der Waals surface area contributed by atoms with Crippen LogP contribution in [0.4, 0.5) is 11.8 Å². The van der Waals surface area contributed by atoms with Crippen LogP contribution in [0.5, 0.6) is 0 Å². The van der Waals surface area contributed by atoms with Crippen LogP contribution in [0.2, 0.25) is 0 Å². The Bertz CT molecular complexity index is 526. The van der Waals surface area contributed by atoms with E-state index in [1.54, 1.807) is 0 Å². The van der Waals surface area contributed by atoms with Crippen molar-refractivity contribution in [2.45, 2.75) is 6.42 Å². The summed E-state index contributed by atoms with van der Waals surface area (Å²) < 4.78 is 0. The van der Waals surface area contributed by atoms with Crippen LogP contribution in [0.15, 0.2) is 6.33 Å². The summed E-state index contributed by atoms with van der Waals surface area (Å²) in [6.07, 6.45) is 1.54.